The Hall–Kier alpha value is -1.52. The van der Waals surface area contributed by atoms with Gasteiger partial charge in [-0.15, -0.1) is 0 Å². The van der Waals surface area contributed by atoms with E-state index in [0.717, 1.165) is 4.47 Å². The average Bonchev–Trinajstić information content (AvgIpc) is 2.52. The smallest absolute Gasteiger partial charge is 0.242 e. The maximum Gasteiger partial charge on any atom is 0.242 e. The van der Waals surface area contributed by atoms with Crippen LogP contribution in [0, 0.1) is 0 Å². The van der Waals surface area contributed by atoms with Crippen LogP contribution in [0.4, 0.5) is 0 Å². The summed E-state index contributed by atoms with van der Waals surface area (Å²) in [7, 11) is 0. The third kappa shape index (κ3) is 2.76. The van der Waals surface area contributed by atoms with Gasteiger partial charge in [-0.2, -0.15) is 0 Å². The summed E-state index contributed by atoms with van der Waals surface area (Å²) in [6.07, 6.45) is 2.72. The normalized spacial score (nSPS) is 10.9. The van der Waals surface area contributed by atoms with Gasteiger partial charge in [0, 0.05) is 4.91 Å². The van der Waals surface area contributed by atoms with Crippen LogP contribution in [-0.4, -0.2) is 5.91 Å². The summed E-state index contributed by atoms with van der Waals surface area (Å²) in [5, 5.41) is 2.91. The third-order valence-electron chi connectivity index (χ3n) is 1.44. The molecule has 1 heterocycles. The summed E-state index contributed by atoms with van der Waals surface area (Å²) < 4.78 is 5.89. The first-order valence-electron chi connectivity index (χ1n) is 3.65. The van der Waals surface area contributed by atoms with Crippen LogP contribution in [0.3, 0.4) is 0 Å². The molecule has 0 radical (unpaired) electrons. The van der Waals surface area contributed by atoms with E-state index in [4.69, 9.17) is 9.95 Å². The van der Waals surface area contributed by atoms with Crippen LogP contribution in [0.2, 0.25) is 0 Å². The highest BCUT2D eigenvalue weighted by molar-refractivity contribution is 9.10. The van der Waals surface area contributed by atoms with Gasteiger partial charge in [0.1, 0.15) is 12.0 Å². The predicted molar refractivity (Wildman–Crippen MR) is 54.2 cm³/mol. The van der Waals surface area contributed by atoms with Crippen molar-refractivity contribution in [1.82, 2.24) is 0 Å². The van der Waals surface area contributed by atoms with E-state index < -0.39 is 5.91 Å². The van der Waals surface area contributed by atoms with Gasteiger partial charge in [0.15, 0.2) is 0 Å². The molecule has 0 fully saturated rings. The number of hydrogen-bond donors (Lipinski definition) is 0. The van der Waals surface area contributed by atoms with Gasteiger partial charge in [0.25, 0.3) is 0 Å². The molecule has 1 aromatic rings. The zero-order valence-electron chi connectivity index (χ0n) is 7.27. The van der Waals surface area contributed by atoms with Gasteiger partial charge in [-0.05, 0) is 51.2 Å². The first-order valence-corrected chi connectivity index (χ1v) is 4.44. The van der Waals surface area contributed by atoms with Crippen molar-refractivity contribution < 1.29 is 9.21 Å². The molecule has 0 bridgehead atoms. The topological polar surface area (TPSA) is 79.0 Å². The van der Waals surface area contributed by atoms with Gasteiger partial charge < -0.3 is 4.42 Å². The molecular formula is C8H6BrN3O2. The lowest BCUT2D eigenvalue weighted by Crippen LogP contribution is -1.85. The summed E-state index contributed by atoms with van der Waals surface area (Å²) in [5.41, 5.74) is 8.61. The molecule has 6 heteroatoms. The summed E-state index contributed by atoms with van der Waals surface area (Å²) in [4.78, 5) is 13.3. The fraction of sp³-hybridized carbons (Fsp3) is 0.125. The van der Waals surface area contributed by atoms with Crippen LogP contribution >= 0.6 is 15.9 Å². The number of carbonyl (C=O) groups is 1. The molecule has 0 unspecified atom stereocenters. The van der Waals surface area contributed by atoms with E-state index in [9.17, 15) is 4.79 Å². The van der Waals surface area contributed by atoms with Gasteiger partial charge in [0.2, 0.25) is 5.91 Å². The molecule has 0 aliphatic heterocycles. The fourth-order valence-electron chi connectivity index (χ4n) is 0.849. The average molecular weight is 256 g/mol. The molecule has 0 atom stereocenters. The molecule has 1 rings (SSSR count). The first kappa shape index (κ1) is 10.6. The van der Waals surface area contributed by atoms with Crippen LogP contribution in [0.25, 0.3) is 16.0 Å². The van der Waals surface area contributed by atoms with E-state index >= 15 is 0 Å². The van der Waals surface area contributed by atoms with Gasteiger partial charge in [0.05, 0.1) is 4.47 Å². The predicted octanol–water partition coefficient (Wildman–Crippen LogP) is 3.28. The molecule has 0 aromatic carbocycles. The summed E-state index contributed by atoms with van der Waals surface area (Å²) in [6.45, 7) is 1.69. The van der Waals surface area contributed by atoms with Crippen molar-refractivity contribution in [3.8, 4) is 0 Å². The number of nitrogens with zero attached hydrogens (tertiary/aromatic N) is 3. The van der Waals surface area contributed by atoms with Gasteiger partial charge in [-0.3, -0.25) is 4.79 Å². The summed E-state index contributed by atoms with van der Waals surface area (Å²) >= 11 is 3.21. The Kier molecular flexibility index (Phi) is 3.50. The number of furan rings is 1. The van der Waals surface area contributed by atoms with Gasteiger partial charge in [-0.1, -0.05) is 0 Å². The van der Waals surface area contributed by atoms with E-state index in [0.29, 0.717) is 11.3 Å². The molecule has 5 nitrogen and oxygen atoms in total. The van der Waals surface area contributed by atoms with E-state index in [2.05, 4.69) is 26.0 Å². The number of azide groups is 1. The zero-order chi connectivity index (χ0) is 10.6. The van der Waals surface area contributed by atoms with Gasteiger partial charge >= 0.3 is 0 Å². The number of hydrogen-bond acceptors (Lipinski definition) is 2. The van der Waals surface area contributed by atoms with Crippen LogP contribution < -0.4 is 0 Å². The highest BCUT2D eigenvalue weighted by Gasteiger charge is 2.03. The van der Waals surface area contributed by atoms with Crippen molar-refractivity contribution in [3.63, 3.8) is 0 Å². The van der Waals surface area contributed by atoms with E-state index in [1.54, 1.807) is 13.0 Å². The van der Waals surface area contributed by atoms with Crippen molar-refractivity contribution in [2.24, 2.45) is 5.11 Å². The van der Waals surface area contributed by atoms with Crippen molar-refractivity contribution in [2.75, 3.05) is 0 Å². The minimum absolute atomic E-state index is 0.554. The lowest BCUT2D eigenvalue weighted by atomic mass is 10.2. The molecule has 1 aromatic heterocycles. The molecule has 72 valence electrons. The molecule has 14 heavy (non-hydrogen) atoms. The Morgan fingerprint density at radius 3 is 3.00 bits per heavy atom. The second-order valence-electron chi connectivity index (χ2n) is 2.48. The van der Waals surface area contributed by atoms with E-state index in [1.165, 1.54) is 12.3 Å². The Morgan fingerprint density at radius 2 is 2.50 bits per heavy atom. The van der Waals surface area contributed by atoms with Crippen LogP contribution in [0.1, 0.15) is 12.7 Å². The summed E-state index contributed by atoms with van der Waals surface area (Å²) in [5.74, 6) is -0.0871. The number of rotatable bonds is 2. The quantitative estimate of drug-likeness (QED) is 0.352. The molecule has 0 N–H and O–H groups in total. The van der Waals surface area contributed by atoms with Crippen LogP contribution in [0.15, 0.2) is 32.4 Å². The number of carbonyl (C=O) groups excluding carboxylic acids is 1. The van der Waals surface area contributed by atoms with Crippen LogP contribution in [0.5, 0.6) is 0 Å². The number of amides is 1. The number of allylic oxidation sites excluding steroid dienone is 1. The van der Waals surface area contributed by atoms with Crippen molar-refractivity contribution in [2.45, 2.75) is 6.92 Å². The monoisotopic (exact) mass is 255 g/mol. The Balaban J connectivity index is 2.89. The van der Waals surface area contributed by atoms with E-state index in [-0.39, 0.29) is 0 Å². The maximum absolute atomic E-state index is 10.9. The second kappa shape index (κ2) is 4.64. The fourth-order valence-corrected chi connectivity index (χ4v) is 1.15. The lowest BCUT2D eigenvalue weighted by Gasteiger charge is -1.91. The Morgan fingerprint density at radius 1 is 1.79 bits per heavy atom. The Bertz CT molecular complexity index is 430. The molecule has 0 aliphatic carbocycles. The SMILES string of the molecule is C/C(=C\C(=O)N=[N+]=[N-])c1cc(Br)co1. The second-order valence-corrected chi connectivity index (χ2v) is 3.40. The van der Waals surface area contributed by atoms with Crippen LogP contribution in [-0.2, 0) is 4.79 Å². The molecule has 1 amide bonds. The molecule has 0 aliphatic rings. The van der Waals surface area contributed by atoms with E-state index in [1.807, 2.05) is 0 Å². The minimum Gasteiger partial charge on any atom is -0.464 e. The third-order valence-corrected chi connectivity index (χ3v) is 1.86. The molecule has 0 saturated heterocycles. The first-order chi connectivity index (χ1) is 6.63. The highest BCUT2D eigenvalue weighted by atomic mass is 79.9. The molecular weight excluding hydrogens is 250 g/mol. The van der Waals surface area contributed by atoms with Crippen molar-refractivity contribution >= 4 is 27.4 Å². The Labute approximate surface area is 88.2 Å². The standard InChI is InChI=1S/C8H6BrN3O2/c1-5(2-8(13)11-12-10)7-3-6(9)4-14-7/h2-4H,1H3/b5-2+. The van der Waals surface area contributed by atoms with Crippen molar-refractivity contribution in [1.29, 1.82) is 0 Å². The lowest BCUT2D eigenvalue weighted by molar-refractivity contribution is -0.113. The number of halogens is 1. The zero-order valence-corrected chi connectivity index (χ0v) is 8.85. The van der Waals surface area contributed by atoms with Gasteiger partial charge in [-0.25, -0.2) is 0 Å². The van der Waals surface area contributed by atoms with Crippen molar-refractivity contribution in [3.05, 3.63) is 39.1 Å². The highest BCUT2D eigenvalue weighted by Crippen LogP contribution is 2.20. The largest absolute Gasteiger partial charge is 0.464 e. The minimum atomic E-state index is -0.641. The maximum atomic E-state index is 10.9. The molecule has 0 saturated carbocycles. The summed E-state index contributed by atoms with van der Waals surface area (Å²) in [6, 6.07) is 1.72. The molecule has 0 spiro atoms.